The number of likely N-dealkylation sites (tertiary alicyclic amines) is 1. The lowest BCUT2D eigenvalue weighted by molar-refractivity contribution is 0.0284. The monoisotopic (exact) mass is 418 g/mol. The molecule has 22 heavy (non-hydrogen) atoms. The number of halogens is 1. The van der Waals surface area contributed by atoms with E-state index in [0.29, 0.717) is 19.1 Å². The van der Waals surface area contributed by atoms with Crippen molar-refractivity contribution in [3.05, 3.63) is 21.5 Å². The van der Waals surface area contributed by atoms with Gasteiger partial charge in [0.05, 0.1) is 6.61 Å². The molecule has 1 aromatic heterocycles. The molecule has 1 saturated heterocycles. The van der Waals surface area contributed by atoms with Crippen molar-refractivity contribution in [3.8, 4) is 5.75 Å². The van der Waals surface area contributed by atoms with E-state index in [1.54, 1.807) is 4.90 Å². The molecule has 0 radical (unpaired) electrons. The largest absolute Gasteiger partial charge is 0.490 e. The Hall–Kier alpha value is -1.05. The third-order valence-corrected chi connectivity index (χ3v) is 4.14. The van der Waals surface area contributed by atoms with Crippen LogP contribution in [0.5, 0.6) is 5.75 Å². The third kappa shape index (κ3) is 5.00. The first-order chi connectivity index (χ1) is 10.2. The van der Waals surface area contributed by atoms with Gasteiger partial charge in [-0.3, -0.25) is 0 Å². The van der Waals surface area contributed by atoms with Crippen LogP contribution >= 0.6 is 22.6 Å². The Morgan fingerprint density at radius 3 is 2.82 bits per heavy atom. The van der Waals surface area contributed by atoms with Crippen LogP contribution in [-0.2, 0) is 4.74 Å². The van der Waals surface area contributed by atoms with Gasteiger partial charge in [-0.05, 0) is 68.8 Å². The second-order valence-electron chi connectivity index (χ2n) is 6.63. The smallest absolute Gasteiger partial charge is 0.410 e. The van der Waals surface area contributed by atoms with Gasteiger partial charge in [0, 0.05) is 24.7 Å². The van der Waals surface area contributed by atoms with E-state index in [-0.39, 0.29) is 6.09 Å². The van der Waals surface area contributed by atoms with E-state index < -0.39 is 5.60 Å². The van der Waals surface area contributed by atoms with Crippen molar-refractivity contribution in [2.24, 2.45) is 5.92 Å². The van der Waals surface area contributed by atoms with Crippen LogP contribution in [-0.4, -0.2) is 41.3 Å². The summed E-state index contributed by atoms with van der Waals surface area (Å²) in [6.07, 6.45) is 0.705. The van der Waals surface area contributed by atoms with Crippen molar-refractivity contribution in [1.82, 2.24) is 9.88 Å². The Morgan fingerprint density at radius 2 is 2.18 bits per heavy atom. The summed E-state index contributed by atoms with van der Waals surface area (Å²) in [5.41, 5.74) is 0.531. The van der Waals surface area contributed by atoms with E-state index in [1.165, 1.54) is 0 Å². The number of amides is 1. The molecule has 1 aromatic rings. The van der Waals surface area contributed by atoms with Crippen molar-refractivity contribution >= 4 is 28.7 Å². The number of hydrogen-bond donors (Lipinski definition) is 0. The maximum absolute atomic E-state index is 12.0. The molecule has 0 aliphatic carbocycles. The first-order valence-electron chi connectivity index (χ1n) is 7.48. The maximum atomic E-state index is 12.0. The molecule has 0 saturated carbocycles. The van der Waals surface area contributed by atoms with Crippen molar-refractivity contribution in [2.75, 3.05) is 19.7 Å². The highest BCUT2D eigenvalue weighted by atomic mass is 127. The van der Waals surface area contributed by atoms with Gasteiger partial charge in [0.2, 0.25) is 0 Å². The van der Waals surface area contributed by atoms with Gasteiger partial charge in [0.15, 0.2) is 5.75 Å². The van der Waals surface area contributed by atoms with Gasteiger partial charge < -0.3 is 14.4 Å². The molecule has 0 spiro atoms. The maximum Gasteiger partial charge on any atom is 0.410 e. The summed E-state index contributed by atoms with van der Waals surface area (Å²) in [7, 11) is 0. The summed E-state index contributed by atoms with van der Waals surface area (Å²) >= 11 is 2.18. The molecule has 1 unspecified atom stereocenters. The molecule has 1 atom stereocenters. The summed E-state index contributed by atoms with van der Waals surface area (Å²) in [5, 5.41) is 0. The van der Waals surface area contributed by atoms with Gasteiger partial charge in [-0.2, -0.15) is 0 Å². The van der Waals surface area contributed by atoms with Crippen LogP contribution in [0, 0.1) is 16.5 Å². The number of ether oxygens (including phenoxy) is 2. The normalized spacial score (nSPS) is 18.4. The predicted octanol–water partition coefficient (Wildman–Crippen LogP) is 3.63. The van der Waals surface area contributed by atoms with Crippen molar-refractivity contribution in [1.29, 1.82) is 0 Å². The van der Waals surface area contributed by atoms with E-state index >= 15 is 0 Å². The molecular weight excluding hydrogens is 395 g/mol. The van der Waals surface area contributed by atoms with Crippen LogP contribution in [0.25, 0.3) is 0 Å². The first-order valence-corrected chi connectivity index (χ1v) is 8.56. The Kier molecular flexibility index (Phi) is 5.52. The number of hydrogen-bond acceptors (Lipinski definition) is 4. The lowest BCUT2D eigenvalue weighted by Crippen LogP contribution is -2.35. The van der Waals surface area contributed by atoms with Gasteiger partial charge in [-0.25, -0.2) is 9.78 Å². The van der Waals surface area contributed by atoms with E-state index in [2.05, 4.69) is 27.6 Å². The van der Waals surface area contributed by atoms with Crippen LogP contribution in [0.3, 0.4) is 0 Å². The topological polar surface area (TPSA) is 51.7 Å². The standard InChI is InChI=1S/C16H23IN2O3/c1-11-5-6-13(14(17)18-11)21-10-12-7-8-19(9-12)15(20)22-16(2,3)4/h5-6,12H,7-10H2,1-4H3. The molecule has 2 heterocycles. The molecule has 0 N–H and O–H groups in total. The van der Waals surface area contributed by atoms with Crippen molar-refractivity contribution in [2.45, 2.75) is 39.7 Å². The number of rotatable bonds is 3. The average molecular weight is 418 g/mol. The van der Waals surface area contributed by atoms with Crippen molar-refractivity contribution < 1.29 is 14.3 Å². The molecule has 2 rings (SSSR count). The minimum Gasteiger partial charge on any atom is -0.490 e. The quantitative estimate of drug-likeness (QED) is 0.556. The molecule has 1 aliphatic heterocycles. The number of carbonyl (C=O) groups is 1. The van der Waals surface area contributed by atoms with Gasteiger partial charge in [-0.15, -0.1) is 0 Å². The fourth-order valence-electron chi connectivity index (χ4n) is 2.29. The molecule has 1 fully saturated rings. The van der Waals surface area contributed by atoms with E-state index in [1.807, 2.05) is 39.8 Å². The molecule has 5 nitrogen and oxygen atoms in total. The SMILES string of the molecule is Cc1ccc(OCC2CCN(C(=O)OC(C)(C)C)C2)c(I)n1. The molecule has 1 aliphatic rings. The molecule has 122 valence electrons. The Morgan fingerprint density at radius 1 is 1.45 bits per heavy atom. The average Bonchev–Trinajstić information content (AvgIpc) is 2.84. The third-order valence-electron chi connectivity index (χ3n) is 3.37. The summed E-state index contributed by atoms with van der Waals surface area (Å²) < 4.78 is 12.1. The zero-order chi connectivity index (χ0) is 16.3. The van der Waals surface area contributed by atoms with Crippen molar-refractivity contribution in [3.63, 3.8) is 0 Å². The lowest BCUT2D eigenvalue weighted by atomic mass is 10.1. The molecule has 6 heteroatoms. The highest BCUT2D eigenvalue weighted by molar-refractivity contribution is 14.1. The van der Waals surface area contributed by atoms with Gasteiger partial charge in [0.1, 0.15) is 9.30 Å². The second-order valence-corrected chi connectivity index (χ2v) is 7.66. The summed E-state index contributed by atoms with van der Waals surface area (Å²) in [6, 6.07) is 3.89. The molecule has 0 aromatic carbocycles. The number of aryl methyl sites for hydroxylation is 1. The zero-order valence-electron chi connectivity index (χ0n) is 13.6. The van der Waals surface area contributed by atoms with Gasteiger partial charge in [-0.1, -0.05) is 0 Å². The summed E-state index contributed by atoms with van der Waals surface area (Å²) in [6.45, 7) is 9.62. The number of pyridine rings is 1. The van der Waals surface area contributed by atoms with Crippen LogP contribution in [0.15, 0.2) is 12.1 Å². The molecule has 1 amide bonds. The van der Waals surface area contributed by atoms with E-state index in [0.717, 1.165) is 28.1 Å². The Bertz CT molecular complexity index is 543. The highest BCUT2D eigenvalue weighted by Gasteiger charge is 2.30. The minimum absolute atomic E-state index is 0.235. The van der Waals surface area contributed by atoms with E-state index in [9.17, 15) is 4.79 Å². The van der Waals surface area contributed by atoms with Crippen LogP contribution in [0.2, 0.25) is 0 Å². The van der Waals surface area contributed by atoms with Gasteiger partial charge >= 0.3 is 6.09 Å². The molecule has 0 bridgehead atoms. The Balaban J connectivity index is 1.82. The van der Waals surface area contributed by atoms with Crippen LogP contribution < -0.4 is 4.74 Å². The predicted molar refractivity (Wildman–Crippen MR) is 93.1 cm³/mol. The zero-order valence-corrected chi connectivity index (χ0v) is 15.7. The summed E-state index contributed by atoms with van der Waals surface area (Å²) in [4.78, 5) is 18.2. The number of aromatic nitrogens is 1. The minimum atomic E-state index is -0.449. The fourth-order valence-corrected chi connectivity index (χ4v) is 3.00. The highest BCUT2D eigenvalue weighted by Crippen LogP contribution is 2.23. The summed E-state index contributed by atoms with van der Waals surface area (Å²) in [5.74, 6) is 1.14. The number of carbonyl (C=O) groups excluding carboxylic acids is 1. The molecular formula is C16H23IN2O3. The second kappa shape index (κ2) is 7.02. The van der Waals surface area contributed by atoms with E-state index in [4.69, 9.17) is 9.47 Å². The van der Waals surface area contributed by atoms with Crippen LogP contribution in [0.4, 0.5) is 4.79 Å². The first kappa shape index (κ1) is 17.3. The Labute approximate surface area is 145 Å². The fraction of sp³-hybridized carbons (Fsp3) is 0.625. The lowest BCUT2D eigenvalue weighted by Gasteiger charge is -2.24. The van der Waals surface area contributed by atoms with Crippen LogP contribution in [0.1, 0.15) is 32.9 Å². The number of nitrogens with zero attached hydrogens (tertiary/aromatic N) is 2. The van der Waals surface area contributed by atoms with Gasteiger partial charge in [0.25, 0.3) is 0 Å².